The van der Waals surface area contributed by atoms with Gasteiger partial charge in [-0.1, -0.05) is 37.3 Å². The van der Waals surface area contributed by atoms with Gasteiger partial charge in [-0.25, -0.2) is 0 Å². The van der Waals surface area contributed by atoms with Gasteiger partial charge in [0.25, 0.3) is 0 Å². The smallest absolute Gasteiger partial charge is 0.191 e. The van der Waals surface area contributed by atoms with Crippen LogP contribution in [0.3, 0.4) is 0 Å². The van der Waals surface area contributed by atoms with E-state index < -0.39 is 0 Å². The summed E-state index contributed by atoms with van der Waals surface area (Å²) in [5, 5.41) is 7.13. The van der Waals surface area contributed by atoms with Crippen molar-refractivity contribution < 1.29 is 0 Å². The number of likely N-dealkylation sites (tertiary alicyclic amines) is 2. The van der Waals surface area contributed by atoms with Crippen molar-refractivity contribution in [3.05, 3.63) is 35.9 Å². The third-order valence-corrected chi connectivity index (χ3v) is 6.42. The molecule has 0 spiro atoms. The highest BCUT2D eigenvalue weighted by molar-refractivity contribution is 14.0. The van der Waals surface area contributed by atoms with Crippen molar-refractivity contribution >= 4 is 29.9 Å². The van der Waals surface area contributed by atoms with Crippen LogP contribution in [0.4, 0.5) is 0 Å². The lowest BCUT2D eigenvalue weighted by atomic mass is 10.0. The molecule has 0 aromatic heterocycles. The average molecular weight is 542 g/mol. The number of guanidine groups is 1. The summed E-state index contributed by atoms with van der Waals surface area (Å²) in [7, 11) is 0. The highest BCUT2D eigenvalue weighted by Gasteiger charge is 2.20. The highest BCUT2D eigenvalue weighted by atomic mass is 127. The summed E-state index contributed by atoms with van der Waals surface area (Å²) in [6.45, 7) is 13.6. The quantitative estimate of drug-likeness (QED) is 0.211. The van der Waals surface area contributed by atoms with Crippen LogP contribution in [0.5, 0.6) is 0 Å². The van der Waals surface area contributed by atoms with Gasteiger partial charge in [0.2, 0.25) is 0 Å². The summed E-state index contributed by atoms with van der Waals surface area (Å²) in [6, 6.07) is 11.4. The molecule has 3 rings (SSSR count). The number of hydrogen-bond acceptors (Lipinski definition) is 3. The molecule has 2 fully saturated rings. The third kappa shape index (κ3) is 10.1. The summed E-state index contributed by atoms with van der Waals surface area (Å²) >= 11 is 0. The van der Waals surface area contributed by atoms with Crippen LogP contribution in [0.25, 0.3) is 0 Å². The first-order chi connectivity index (χ1) is 14.7. The Morgan fingerprint density at radius 1 is 1.03 bits per heavy atom. The molecular weight excluding hydrogens is 497 g/mol. The molecule has 5 nitrogen and oxygen atoms in total. The Morgan fingerprint density at radius 3 is 2.52 bits per heavy atom. The second-order valence-electron chi connectivity index (χ2n) is 9.20. The zero-order valence-corrected chi connectivity index (χ0v) is 22.0. The van der Waals surface area contributed by atoms with Crippen LogP contribution in [-0.4, -0.2) is 67.6 Å². The third-order valence-electron chi connectivity index (χ3n) is 6.42. The van der Waals surface area contributed by atoms with E-state index in [-0.39, 0.29) is 24.0 Å². The van der Waals surface area contributed by atoms with E-state index in [1.54, 1.807) is 0 Å². The number of nitrogens with one attached hydrogen (secondary N) is 2. The summed E-state index contributed by atoms with van der Waals surface area (Å²) < 4.78 is 0. The Morgan fingerprint density at radius 2 is 1.81 bits per heavy atom. The van der Waals surface area contributed by atoms with Gasteiger partial charge in [-0.3, -0.25) is 9.89 Å². The number of nitrogens with zero attached hydrogens (tertiary/aromatic N) is 3. The molecule has 0 aliphatic carbocycles. The van der Waals surface area contributed by atoms with Crippen molar-refractivity contribution in [1.29, 1.82) is 0 Å². The second-order valence-corrected chi connectivity index (χ2v) is 9.20. The monoisotopic (exact) mass is 541 g/mol. The molecule has 2 saturated heterocycles. The minimum atomic E-state index is 0. The largest absolute Gasteiger partial charge is 0.357 e. The molecule has 31 heavy (non-hydrogen) atoms. The molecule has 1 unspecified atom stereocenters. The van der Waals surface area contributed by atoms with Crippen LogP contribution in [0.15, 0.2) is 35.3 Å². The molecule has 0 bridgehead atoms. The Balaban J connectivity index is 0.00000341. The molecule has 1 atom stereocenters. The molecule has 0 radical (unpaired) electrons. The van der Waals surface area contributed by atoms with Gasteiger partial charge in [0, 0.05) is 45.3 Å². The zero-order valence-electron chi connectivity index (χ0n) is 19.7. The maximum Gasteiger partial charge on any atom is 0.191 e. The van der Waals surface area contributed by atoms with Gasteiger partial charge >= 0.3 is 0 Å². The van der Waals surface area contributed by atoms with Crippen molar-refractivity contribution in [2.24, 2.45) is 10.9 Å². The summed E-state index contributed by atoms with van der Waals surface area (Å²) in [4.78, 5) is 10.1. The van der Waals surface area contributed by atoms with Crippen LogP contribution in [0.1, 0.15) is 57.9 Å². The fourth-order valence-electron chi connectivity index (χ4n) is 4.72. The first-order valence-electron chi connectivity index (χ1n) is 12.3. The van der Waals surface area contributed by atoms with Gasteiger partial charge in [0.15, 0.2) is 5.96 Å². The molecule has 2 aliphatic heterocycles. The number of rotatable bonds is 9. The van der Waals surface area contributed by atoms with Gasteiger partial charge < -0.3 is 15.5 Å². The number of piperidine rings is 2. The lowest BCUT2D eigenvalue weighted by Gasteiger charge is -2.33. The van der Waals surface area contributed by atoms with Crippen LogP contribution < -0.4 is 10.6 Å². The molecule has 1 aromatic carbocycles. The summed E-state index contributed by atoms with van der Waals surface area (Å²) in [6.07, 6.45) is 7.58. The lowest BCUT2D eigenvalue weighted by Crippen LogP contribution is -2.48. The maximum absolute atomic E-state index is 4.85. The normalized spacial score (nSPS) is 21.5. The molecule has 176 valence electrons. The van der Waals surface area contributed by atoms with Gasteiger partial charge in [-0.2, -0.15) is 0 Å². The van der Waals surface area contributed by atoms with Crippen molar-refractivity contribution in [3.8, 4) is 0 Å². The van der Waals surface area contributed by atoms with Crippen LogP contribution in [0, 0.1) is 5.92 Å². The second kappa shape index (κ2) is 15.1. The molecule has 2 heterocycles. The fraction of sp³-hybridized carbons (Fsp3) is 0.720. The van der Waals surface area contributed by atoms with Crippen molar-refractivity contribution in [3.63, 3.8) is 0 Å². The highest BCUT2D eigenvalue weighted by Crippen LogP contribution is 2.16. The number of benzene rings is 1. The van der Waals surface area contributed by atoms with E-state index in [1.165, 1.54) is 63.7 Å². The standard InChI is InChI=1S/C25H43N5.HI/c1-3-26-25(27-15-7-8-16-29-17-9-10-22(2)20-29)28-24-13-18-30(19-14-24)21-23-11-5-4-6-12-23;/h4-6,11-12,22,24H,3,7-10,13-21H2,1-2H3,(H2,26,27,28);1H. The van der Waals surface area contributed by atoms with E-state index in [2.05, 4.69) is 64.6 Å². The summed E-state index contributed by atoms with van der Waals surface area (Å²) in [5.74, 6) is 1.88. The predicted octanol–water partition coefficient (Wildman–Crippen LogP) is 4.34. The maximum atomic E-state index is 4.85. The molecule has 0 amide bonds. The van der Waals surface area contributed by atoms with Gasteiger partial charge in [0.1, 0.15) is 0 Å². The molecule has 2 N–H and O–H groups in total. The van der Waals surface area contributed by atoms with Crippen molar-refractivity contribution in [2.45, 2.75) is 65.0 Å². The van der Waals surface area contributed by atoms with Crippen molar-refractivity contribution in [1.82, 2.24) is 20.4 Å². The van der Waals surface area contributed by atoms with Crippen molar-refractivity contribution in [2.75, 3.05) is 45.8 Å². The fourth-order valence-corrected chi connectivity index (χ4v) is 4.72. The minimum Gasteiger partial charge on any atom is -0.357 e. The number of unbranched alkanes of at least 4 members (excludes halogenated alkanes) is 1. The van der Waals surface area contributed by atoms with Crippen LogP contribution >= 0.6 is 24.0 Å². The first kappa shape index (κ1) is 26.4. The van der Waals surface area contributed by atoms with Crippen LogP contribution in [0.2, 0.25) is 0 Å². The topological polar surface area (TPSA) is 42.9 Å². The molecule has 0 saturated carbocycles. The summed E-state index contributed by atoms with van der Waals surface area (Å²) in [5.41, 5.74) is 1.41. The van der Waals surface area contributed by atoms with E-state index >= 15 is 0 Å². The Kier molecular flexibility index (Phi) is 12.8. The van der Waals surface area contributed by atoms with E-state index in [4.69, 9.17) is 4.99 Å². The number of aliphatic imine (C=N–C) groups is 1. The Hall–Kier alpha value is -0.860. The first-order valence-corrected chi connectivity index (χ1v) is 12.3. The van der Waals surface area contributed by atoms with Crippen LogP contribution in [-0.2, 0) is 6.54 Å². The van der Waals surface area contributed by atoms with E-state index in [0.717, 1.165) is 44.6 Å². The molecule has 1 aromatic rings. The average Bonchev–Trinajstić information content (AvgIpc) is 2.76. The van der Waals surface area contributed by atoms with E-state index in [9.17, 15) is 0 Å². The van der Waals surface area contributed by atoms with E-state index in [0.29, 0.717) is 6.04 Å². The Labute approximate surface area is 207 Å². The predicted molar refractivity (Wildman–Crippen MR) is 143 cm³/mol. The lowest BCUT2D eigenvalue weighted by molar-refractivity contribution is 0.181. The molecule has 2 aliphatic rings. The molecule has 6 heteroatoms. The van der Waals surface area contributed by atoms with Gasteiger partial charge in [0.05, 0.1) is 0 Å². The number of hydrogen-bond donors (Lipinski definition) is 2. The Bertz CT molecular complexity index is 616. The van der Waals surface area contributed by atoms with Gasteiger partial charge in [-0.05, 0) is 70.0 Å². The number of halogens is 1. The van der Waals surface area contributed by atoms with Gasteiger partial charge in [-0.15, -0.1) is 24.0 Å². The molecular formula is C25H44IN5. The minimum absolute atomic E-state index is 0. The van der Waals surface area contributed by atoms with E-state index in [1.807, 2.05) is 0 Å². The zero-order chi connectivity index (χ0) is 21.0. The SMILES string of the molecule is CCNC(=NCCCCN1CCCC(C)C1)NC1CCN(Cc2ccccc2)CC1.I.